The molecule has 0 bridgehead atoms. The van der Waals surface area contributed by atoms with E-state index in [0.717, 1.165) is 44.9 Å². The van der Waals surface area contributed by atoms with Crippen molar-refractivity contribution in [2.24, 2.45) is 50.7 Å². The average molecular weight is 455 g/mol. The highest BCUT2D eigenvalue weighted by Crippen LogP contribution is 2.76. The van der Waals surface area contributed by atoms with E-state index in [-0.39, 0.29) is 33.7 Å². The highest BCUT2D eigenvalue weighted by molar-refractivity contribution is 5.77. The predicted octanol–water partition coefficient (Wildman–Crippen LogP) is 7.01. The van der Waals surface area contributed by atoms with E-state index in [2.05, 4.69) is 54.2 Å². The van der Waals surface area contributed by atoms with Crippen molar-refractivity contribution in [1.82, 2.24) is 0 Å². The lowest BCUT2D eigenvalue weighted by atomic mass is 9.34. The van der Waals surface area contributed by atoms with Gasteiger partial charge in [0.15, 0.2) is 0 Å². The van der Waals surface area contributed by atoms with Gasteiger partial charge in [-0.25, -0.2) is 0 Å². The Morgan fingerprint density at radius 3 is 2.30 bits per heavy atom. The zero-order valence-electron chi connectivity index (χ0n) is 21.8. The lowest BCUT2D eigenvalue weighted by Crippen LogP contribution is -2.64. The molecular formula is C30H46O3. The molecule has 0 spiro atoms. The van der Waals surface area contributed by atoms with E-state index in [9.17, 15) is 15.0 Å². The number of carbonyl (C=O) groups is 1. The van der Waals surface area contributed by atoms with Crippen LogP contribution in [0.2, 0.25) is 0 Å². The summed E-state index contributed by atoms with van der Waals surface area (Å²) in [6, 6.07) is 0. The predicted molar refractivity (Wildman–Crippen MR) is 133 cm³/mol. The van der Waals surface area contributed by atoms with Crippen molar-refractivity contribution in [3.63, 3.8) is 0 Å². The maximum atomic E-state index is 12.7. The Morgan fingerprint density at radius 2 is 1.67 bits per heavy atom. The Hall–Kier alpha value is -1.09. The van der Waals surface area contributed by atoms with Crippen LogP contribution in [0.15, 0.2) is 23.8 Å². The summed E-state index contributed by atoms with van der Waals surface area (Å²) in [6.07, 6.45) is 11.3. The third kappa shape index (κ3) is 2.69. The third-order valence-electron chi connectivity index (χ3n) is 12.9. The molecule has 0 heterocycles. The van der Waals surface area contributed by atoms with Gasteiger partial charge in [-0.1, -0.05) is 58.4 Å². The number of hydrogen-bond acceptors (Lipinski definition) is 2. The van der Waals surface area contributed by atoms with Crippen LogP contribution in [0.25, 0.3) is 0 Å². The maximum Gasteiger partial charge on any atom is 0.310 e. The maximum absolute atomic E-state index is 12.7. The smallest absolute Gasteiger partial charge is 0.310 e. The first kappa shape index (κ1) is 23.6. The molecule has 5 aliphatic carbocycles. The second kappa shape index (κ2) is 6.99. The molecule has 2 N–H and O–H groups in total. The first-order valence-corrected chi connectivity index (χ1v) is 13.5. The Bertz CT molecular complexity index is 916. The van der Waals surface area contributed by atoms with Crippen molar-refractivity contribution >= 4 is 5.97 Å². The fourth-order valence-corrected chi connectivity index (χ4v) is 10.7. The van der Waals surface area contributed by atoms with Gasteiger partial charge < -0.3 is 10.2 Å². The van der Waals surface area contributed by atoms with Crippen LogP contribution in [-0.4, -0.2) is 22.3 Å². The van der Waals surface area contributed by atoms with Crippen LogP contribution in [0.5, 0.6) is 0 Å². The van der Waals surface area contributed by atoms with Gasteiger partial charge in [-0.15, -0.1) is 0 Å². The first-order chi connectivity index (χ1) is 15.3. The van der Waals surface area contributed by atoms with E-state index >= 15 is 0 Å². The molecule has 184 valence electrons. The molecule has 5 aliphatic rings. The minimum Gasteiger partial charge on any atom is -0.481 e. The van der Waals surface area contributed by atoms with E-state index in [1.54, 1.807) is 0 Å². The SMILES string of the molecule is C=C(C)C1CCC2(C(=O)O)CCC3(C)C(=CCC4C5(C)CCC(O)C(C)(C)C5CCC43C)C12. The third-order valence-corrected chi connectivity index (χ3v) is 12.9. The van der Waals surface area contributed by atoms with Crippen LogP contribution in [-0.2, 0) is 4.79 Å². The molecule has 0 aliphatic heterocycles. The van der Waals surface area contributed by atoms with Gasteiger partial charge in [0.05, 0.1) is 11.5 Å². The molecule has 9 unspecified atom stereocenters. The largest absolute Gasteiger partial charge is 0.481 e. The number of rotatable bonds is 2. The highest BCUT2D eigenvalue weighted by atomic mass is 16.4. The molecule has 33 heavy (non-hydrogen) atoms. The molecule has 0 aromatic carbocycles. The molecule has 0 saturated heterocycles. The topological polar surface area (TPSA) is 57.5 Å². The van der Waals surface area contributed by atoms with E-state index in [0.29, 0.717) is 17.8 Å². The van der Waals surface area contributed by atoms with Gasteiger partial charge >= 0.3 is 5.97 Å². The van der Waals surface area contributed by atoms with Gasteiger partial charge in [-0.3, -0.25) is 4.79 Å². The van der Waals surface area contributed by atoms with Gasteiger partial charge in [0.25, 0.3) is 0 Å². The fourth-order valence-electron chi connectivity index (χ4n) is 10.7. The molecule has 0 aromatic rings. The lowest BCUT2D eigenvalue weighted by Gasteiger charge is -2.70. The van der Waals surface area contributed by atoms with Gasteiger partial charge in [0.1, 0.15) is 0 Å². The van der Waals surface area contributed by atoms with Crippen molar-refractivity contribution in [1.29, 1.82) is 0 Å². The van der Waals surface area contributed by atoms with Crippen molar-refractivity contribution in [3.8, 4) is 0 Å². The lowest BCUT2D eigenvalue weighted by molar-refractivity contribution is -0.202. The van der Waals surface area contributed by atoms with Crippen LogP contribution >= 0.6 is 0 Å². The summed E-state index contributed by atoms with van der Waals surface area (Å²) in [6.45, 7) is 18.6. The summed E-state index contributed by atoms with van der Waals surface area (Å²) in [5, 5.41) is 21.3. The van der Waals surface area contributed by atoms with Crippen molar-refractivity contribution < 1.29 is 15.0 Å². The number of allylic oxidation sites excluding steroid dienone is 3. The summed E-state index contributed by atoms with van der Waals surface area (Å²) < 4.78 is 0. The molecule has 0 radical (unpaired) electrons. The van der Waals surface area contributed by atoms with Gasteiger partial charge in [0, 0.05) is 5.92 Å². The summed E-state index contributed by atoms with van der Waals surface area (Å²) >= 11 is 0. The normalized spacial score (nSPS) is 52.6. The number of aliphatic hydroxyl groups excluding tert-OH is 1. The van der Waals surface area contributed by atoms with Crippen LogP contribution < -0.4 is 0 Å². The average Bonchev–Trinajstić information content (AvgIpc) is 3.13. The zero-order chi connectivity index (χ0) is 24.2. The molecular weight excluding hydrogens is 408 g/mol. The summed E-state index contributed by atoms with van der Waals surface area (Å²) in [5.41, 5.74) is 2.44. The molecule has 5 rings (SSSR count). The molecule has 4 saturated carbocycles. The van der Waals surface area contributed by atoms with Crippen molar-refractivity contribution in [2.45, 2.75) is 105 Å². The molecule has 4 fully saturated rings. The Morgan fingerprint density at radius 1 is 0.970 bits per heavy atom. The monoisotopic (exact) mass is 454 g/mol. The first-order valence-electron chi connectivity index (χ1n) is 13.5. The molecule has 0 aromatic heterocycles. The molecule has 3 heteroatoms. The van der Waals surface area contributed by atoms with E-state index in [4.69, 9.17) is 0 Å². The summed E-state index contributed by atoms with van der Waals surface area (Å²) in [7, 11) is 0. The molecule has 9 atom stereocenters. The summed E-state index contributed by atoms with van der Waals surface area (Å²) in [4.78, 5) is 12.7. The fraction of sp³-hybridized carbons (Fsp3) is 0.833. The summed E-state index contributed by atoms with van der Waals surface area (Å²) in [5.74, 6) is 0.958. The Labute approximate surface area is 201 Å². The number of hydrogen-bond donors (Lipinski definition) is 2. The Kier molecular flexibility index (Phi) is 5.01. The van der Waals surface area contributed by atoms with Crippen LogP contribution in [0.1, 0.15) is 99.3 Å². The second-order valence-corrected chi connectivity index (χ2v) is 14.1. The van der Waals surface area contributed by atoms with E-state index < -0.39 is 11.4 Å². The van der Waals surface area contributed by atoms with Crippen molar-refractivity contribution in [2.75, 3.05) is 0 Å². The highest BCUT2D eigenvalue weighted by Gasteiger charge is 2.70. The van der Waals surface area contributed by atoms with E-state index in [1.165, 1.54) is 24.0 Å². The molecule has 3 nitrogen and oxygen atoms in total. The van der Waals surface area contributed by atoms with Gasteiger partial charge in [-0.05, 0) is 104 Å². The standard InChI is InChI=1S/C30H46O3/c1-18(2)19-10-15-30(25(32)33)17-16-28(6)20(24(19)30)8-9-22-27(5)13-12-23(31)26(3,4)21(27)11-14-29(22,28)7/h8,19,21-24,31H,1,9-17H2,2-7H3,(H,32,33). The van der Waals surface area contributed by atoms with Crippen molar-refractivity contribution in [3.05, 3.63) is 23.8 Å². The number of carboxylic acids is 1. The van der Waals surface area contributed by atoms with E-state index in [1.807, 2.05) is 0 Å². The van der Waals surface area contributed by atoms with Crippen LogP contribution in [0.3, 0.4) is 0 Å². The molecule has 0 amide bonds. The zero-order valence-corrected chi connectivity index (χ0v) is 21.8. The quantitative estimate of drug-likeness (QED) is 0.441. The van der Waals surface area contributed by atoms with Gasteiger partial charge in [-0.2, -0.15) is 0 Å². The minimum absolute atomic E-state index is 0.0409. The Balaban J connectivity index is 1.62. The number of fused-ring (bicyclic) bond motifs is 7. The van der Waals surface area contributed by atoms with Crippen LogP contribution in [0, 0.1) is 50.7 Å². The van der Waals surface area contributed by atoms with Gasteiger partial charge in [0.2, 0.25) is 0 Å². The number of carboxylic acid groups (broad SMARTS) is 1. The number of aliphatic carboxylic acids is 1. The minimum atomic E-state index is -0.601. The number of aliphatic hydroxyl groups is 1. The van der Waals surface area contributed by atoms with Crippen LogP contribution in [0.4, 0.5) is 0 Å². The second-order valence-electron chi connectivity index (χ2n) is 14.1.